The van der Waals surface area contributed by atoms with E-state index < -0.39 is 0 Å². The van der Waals surface area contributed by atoms with Gasteiger partial charge in [0.15, 0.2) is 0 Å². The Bertz CT molecular complexity index is 1110. The van der Waals surface area contributed by atoms with Crippen molar-refractivity contribution in [3.05, 3.63) is 58.5 Å². The minimum atomic E-state index is 0.0951. The van der Waals surface area contributed by atoms with Gasteiger partial charge in [-0.1, -0.05) is 24.3 Å². The summed E-state index contributed by atoms with van der Waals surface area (Å²) < 4.78 is 17.7. The Morgan fingerprint density at radius 2 is 1.73 bits per heavy atom. The number of hydrogen-bond acceptors (Lipinski definition) is 5. The molecule has 0 unspecified atom stereocenters. The average Bonchev–Trinajstić information content (AvgIpc) is 3.14. The number of hydrogen-bond donors (Lipinski definition) is 0. The van der Waals surface area contributed by atoms with Gasteiger partial charge in [-0.25, -0.2) is 0 Å². The van der Waals surface area contributed by atoms with Gasteiger partial charge in [0.25, 0.3) is 5.91 Å². The maximum absolute atomic E-state index is 13.2. The summed E-state index contributed by atoms with van der Waals surface area (Å²) in [4.78, 5) is 15.9. The van der Waals surface area contributed by atoms with E-state index in [0.29, 0.717) is 30.3 Å². The van der Waals surface area contributed by atoms with E-state index >= 15 is 0 Å². The number of benzene rings is 2. The van der Waals surface area contributed by atoms with Gasteiger partial charge in [-0.2, -0.15) is 0 Å². The van der Waals surface area contributed by atoms with Gasteiger partial charge in [0, 0.05) is 29.9 Å². The van der Waals surface area contributed by atoms with Crippen molar-refractivity contribution in [2.45, 2.75) is 13.3 Å². The lowest BCUT2D eigenvalue weighted by Crippen LogP contribution is -2.34. The third-order valence-corrected chi connectivity index (χ3v) is 6.83. The van der Waals surface area contributed by atoms with Gasteiger partial charge >= 0.3 is 0 Å². The molecule has 156 valence electrons. The first-order valence-corrected chi connectivity index (χ1v) is 10.7. The van der Waals surface area contributed by atoms with E-state index in [1.807, 2.05) is 36.1 Å². The first-order chi connectivity index (χ1) is 14.6. The minimum Gasteiger partial charge on any atom is -0.496 e. The highest BCUT2D eigenvalue weighted by atomic mass is 32.1. The SMILES string of the molecule is COc1cc(OC)c(C2=CCN(C(=O)c3sc4ccccc4c3C)CC2)c(OC)c1. The van der Waals surface area contributed by atoms with E-state index in [0.717, 1.165) is 38.1 Å². The number of carbonyl (C=O) groups is 1. The number of nitrogens with zero attached hydrogens (tertiary/aromatic N) is 1. The lowest BCUT2D eigenvalue weighted by atomic mass is 9.97. The number of ether oxygens (including phenoxy) is 3. The molecule has 0 N–H and O–H groups in total. The molecular weight excluding hydrogens is 398 g/mol. The number of aryl methyl sites for hydroxylation is 1. The highest BCUT2D eigenvalue weighted by Crippen LogP contribution is 2.41. The molecule has 2 heterocycles. The molecule has 1 aliphatic rings. The maximum Gasteiger partial charge on any atom is 0.264 e. The molecule has 0 saturated carbocycles. The molecule has 3 aromatic rings. The molecule has 6 heteroatoms. The van der Waals surface area contributed by atoms with Crippen LogP contribution in [0.1, 0.15) is 27.2 Å². The lowest BCUT2D eigenvalue weighted by Gasteiger charge is -2.28. The number of amides is 1. The normalized spacial score (nSPS) is 13.9. The number of methoxy groups -OCH3 is 3. The fourth-order valence-corrected chi connectivity index (χ4v) is 5.10. The van der Waals surface area contributed by atoms with Crippen LogP contribution in [0.5, 0.6) is 17.2 Å². The first-order valence-electron chi connectivity index (χ1n) is 9.84. The largest absolute Gasteiger partial charge is 0.496 e. The Kier molecular flexibility index (Phi) is 5.68. The third-order valence-electron chi connectivity index (χ3n) is 5.57. The van der Waals surface area contributed by atoms with E-state index in [-0.39, 0.29) is 5.91 Å². The summed E-state index contributed by atoms with van der Waals surface area (Å²) in [7, 11) is 4.90. The van der Waals surface area contributed by atoms with E-state index in [1.54, 1.807) is 32.7 Å². The van der Waals surface area contributed by atoms with Crippen molar-refractivity contribution >= 4 is 32.9 Å². The van der Waals surface area contributed by atoms with Crippen molar-refractivity contribution in [1.29, 1.82) is 0 Å². The second-order valence-electron chi connectivity index (χ2n) is 7.19. The minimum absolute atomic E-state index is 0.0951. The van der Waals surface area contributed by atoms with Crippen molar-refractivity contribution < 1.29 is 19.0 Å². The van der Waals surface area contributed by atoms with Crippen LogP contribution in [-0.2, 0) is 0 Å². The first kappa shape index (κ1) is 20.3. The zero-order valence-corrected chi connectivity index (χ0v) is 18.5. The molecule has 0 aliphatic carbocycles. The van der Waals surface area contributed by atoms with Crippen LogP contribution in [0.3, 0.4) is 0 Å². The molecule has 1 aliphatic heterocycles. The Labute approximate surface area is 180 Å². The average molecular weight is 424 g/mol. The number of thiophene rings is 1. The molecule has 1 aromatic heterocycles. The highest BCUT2D eigenvalue weighted by molar-refractivity contribution is 7.21. The van der Waals surface area contributed by atoms with E-state index in [4.69, 9.17) is 14.2 Å². The molecule has 2 aromatic carbocycles. The molecule has 0 bridgehead atoms. The van der Waals surface area contributed by atoms with E-state index in [1.165, 1.54) is 0 Å². The van der Waals surface area contributed by atoms with Crippen LogP contribution < -0.4 is 14.2 Å². The second-order valence-corrected chi connectivity index (χ2v) is 8.24. The van der Waals surface area contributed by atoms with Gasteiger partial charge in [0.05, 0.1) is 31.8 Å². The quantitative estimate of drug-likeness (QED) is 0.568. The molecule has 0 atom stereocenters. The van der Waals surface area contributed by atoms with Gasteiger partial charge in [-0.3, -0.25) is 4.79 Å². The summed E-state index contributed by atoms with van der Waals surface area (Å²) in [5.74, 6) is 2.19. The standard InChI is InChI=1S/C24H25NO4S/c1-15-18-7-5-6-8-21(18)30-23(15)24(26)25-11-9-16(10-12-25)22-19(28-3)13-17(27-2)14-20(22)29-4/h5-9,13-14H,10-12H2,1-4H3. The topological polar surface area (TPSA) is 48.0 Å². The van der Waals surface area contributed by atoms with Crippen LogP contribution in [0.25, 0.3) is 15.7 Å². The summed E-state index contributed by atoms with van der Waals surface area (Å²) >= 11 is 1.57. The maximum atomic E-state index is 13.2. The number of carbonyl (C=O) groups excluding carboxylic acids is 1. The molecule has 5 nitrogen and oxygen atoms in total. The number of rotatable bonds is 5. The van der Waals surface area contributed by atoms with Gasteiger partial charge in [0.1, 0.15) is 17.2 Å². The molecule has 0 fully saturated rings. The molecular formula is C24H25NO4S. The lowest BCUT2D eigenvalue weighted by molar-refractivity contribution is 0.0777. The fraction of sp³-hybridized carbons (Fsp3) is 0.292. The Morgan fingerprint density at radius 3 is 2.30 bits per heavy atom. The summed E-state index contributed by atoms with van der Waals surface area (Å²) in [6.07, 6.45) is 2.83. The summed E-state index contributed by atoms with van der Waals surface area (Å²) in [6.45, 7) is 3.24. The Morgan fingerprint density at radius 1 is 1.03 bits per heavy atom. The Balaban J connectivity index is 1.61. The van der Waals surface area contributed by atoms with Crippen LogP contribution in [0.15, 0.2) is 42.5 Å². The molecule has 0 saturated heterocycles. The number of fused-ring (bicyclic) bond motifs is 1. The predicted octanol–water partition coefficient (Wildman–Crippen LogP) is 5.17. The van der Waals surface area contributed by atoms with Gasteiger partial charge in [-0.15, -0.1) is 11.3 Å². The van der Waals surface area contributed by atoms with Crippen molar-refractivity contribution in [1.82, 2.24) is 4.90 Å². The third kappa shape index (κ3) is 3.52. The Hall–Kier alpha value is -2.99. The van der Waals surface area contributed by atoms with Crippen LogP contribution >= 0.6 is 11.3 Å². The molecule has 0 radical (unpaired) electrons. The van der Waals surface area contributed by atoms with Gasteiger partial charge in [-0.05, 0) is 35.9 Å². The van der Waals surface area contributed by atoms with E-state index in [9.17, 15) is 4.79 Å². The second kappa shape index (κ2) is 8.40. The van der Waals surface area contributed by atoms with Crippen molar-refractivity contribution in [2.24, 2.45) is 0 Å². The summed E-state index contributed by atoms with van der Waals surface area (Å²) in [5.41, 5.74) is 3.10. The van der Waals surface area contributed by atoms with Crippen molar-refractivity contribution in [3.8, 4) is 17.2 Å². The van der Waals surface area contributed by atoms with Crippen LogP contribution in [0.2, 0.25) is 0 Å². The highest BCUT2D eigenvalue weighted by Gasteiger charge is 2.25. The van der Waals surface area contributed by atoms with Crippen molar-refractivity contribution in [3.63, 3.8) is 0 Å². The fourth-order valence-electron chi connectivity index (χ4n) is 3.92. The van der Waals surface area contributed by atoms with Crippen LogP contribution in [0.4, 0.5) is 0 Å². The molecule has 30 heavy (non-hydrogen) atoms. The van der Waals surface area contributed by atoms with Crippen LogP contribution in [-0.4, -0.2) is 45.2 Å². The van der Waals surface area contributed by atoms with Crippen molar-refractivity contribution in [2.75, 3.05) is 34.4 Å². The molecule has 1 amide bonds. The summed E-state index contributed by atoms with van der Waals surface area (Å²) in [5, 5.41) is 1.16. The monoisotopic (exact) mass is 423 g/mol. The van der Waals surface area contributed by atoms with E-state index in [2.05, 4.69) is 18.2 Å². The zero-order chi connectivity index (χ0) is 21.3. The molecule has 4 rings (SSSR count). The summed E-state index contributed by atoms with van der Waals surface area (Å²) in [6, 6.07) is 11.9. The molecule has 0 spiro atoms. The van der Waals surface area contributed by atoms with Gasteiger partial charge < -0.3 is 19.1 Å². The van der Waals surface area contributed by atoms with Gasteiger partial charge in [0.2, 0.25) is 0 Å². The van der Waals surface area contributed by atoms with Crippen LogP contribution in [0, 0.1) is 6.92 Å². The zero-order valence-electron chi connectivity index (χ0n) is 17.7. The smallest absolute Gasteiger partial charge is 0.264 e. The predicted molar refractivity (Wildman–Crippen MR) is 121 cm³/mol.